The zero-order valence-corrected chi connectivity index (χ0v) is 19.6. The minimum Gasteiger partial charge on any atom is -0.598 e. The second-order valence-corrected chi connectivity index (χ2v) is 11.3. The molecule has 0 radical (unpaired) electrons. The molecule has 0 aliphatic heterocycles. The number of nitrogens with one attached hydrogen (secondary N) is 1. The molecular formula is C24H28F3NO3S. The summed E-state index contributed by atoms with van der Waals surface area (Å²) in [5.41, 5.74) is 0.992. The molecule has 4 nitrogen and oxygen atoms in total. The van der Waals surface area contributed by atoms with E-state index in [4.69, 9.17) is 0 Å². The van der Waals surface area contributed by atoms with E-state index in [0.29, 0.717) is 11.1 Å². The number of benzene rings is 2. The minimum atomic E-state index is -1.77. The summed E-state index contributed by atoms with van der Waals surface area (Å²) in [7, 11) is 0. The maximum absolute atomic E-state index is 15.9. The first kappa shape index (κ1) is 24.6. The number of rotatable bonds is 7. The Morgan fingerprint density at radius 1 is 1.22 bits per heavy atom. The fourth-order valence-corrected chi connectivity index (χ4v) is 4.59. The van der Waals surface area contributed by atoms with Crippen LogP contribution in [0.2, 0.25) is 0 Å². The van der Waals surface area contributed by atoms with E-state index in [1.807, 2.05) is 0 Å². The van der Waals surface area contributed by atoms with Gasteiger partial charge in [0.2, 0.25) is 0 Å². The monoisotopic (exact) mass is 467 g/mol. The Balaban J connectivity index is 2.27. The van der Waals surface area contributed by atoms with Gasteiger partial charge < -0.3 is 9.66 Å². The Morgan fingerprint density at radius 2 is 1.84 bits per heavy atom. The van der Waals surface area contributed by atoms with E-state index in [1.54, 1.807) is 27.7 Å². The van der Waals surface area contributed by atoms with Crippen molar-refractivity contribution in [1.82, 2.24) is 4.72 Å². The van der Waals surface area contributed by atoms with Gasteiger partial charge in [-0.1, -0.05) is 6.07 Å². The van der Waals surface area contributed by atoms with E-state index in [2.05, 4.69) is 4.72 Å². The highest BCUT2D eigenvalue weighted by Gasteiger charge is 2.37. The first-order valence-electron chi connectivity index (χ1n) is 10.5. The Hall–Kier alpha value is -2.03. The van der Waals surface area contributed by atoms with Crippen LogP contribution in [0.5, 0.6) is 0 Å². The van der Waals surface area contributed by atoms with Gasteiger partial charge in [-0.15, -0.1) is 4.72 Å². The third kappa shape index (κ3) is 4.97. The Morgan fingerprint density at radius 3 is 2.38 bits per heavy atom. The van der Waals surface area contributed by atoms with Crippen molar-refractivity contribution in [3.8, 4) is 11.1 Å². The lowest BCUT2D eigenvalue weighted by atomic mass is 9.88. The summed E-state index contributed by atoms with van der Waals surface area (Å²) in [5.74, 6) is -3.71. The van der Waals surface area contributed by atoms with Crippen LogP contribution >= 0.6 is 0 Å². The highest BCUT2D eigenvalue weighted by atomic mass is 32.2. The van der Waals surface area contributed by atoms with E-state index in [1.165, 1.54) is 25.1 Å². The highest BCUT2D eigenvalue weighted by molar-refractivity contribution is 7.90. The van der Waals surface area contributed by atoms with Crippen molar-refractivity contribution in [2.24, 2.45) is 0 Å². The van der Waals surface area contributed by atoms with E-state index < -0.39 is 57.6 Å². The third-order valence-electron chi connectivity index (χ3n) is 5.69. The van der Waals surface area contributed by atoms with Gasteiger partial charge in [-0.05, 0) is 87.8 Å². The Bertz CT molecular complexity index is 1050. The van der Waals surface area contributed by atoms with E-state index >= 15 is 8.78 Å². The SMILES string of the molecule is Cc1ccc(F)c(C)c1-c1cc(C2CC2)c(F)c(C(CC(=O)O)N[S+]([O-])C(C)(C)C)c1F. The van der Waals surface area contributed by atoms with Crippen molar-refractivity contribution in [2.75, 3.05) is 0 Å². The number of carboxylic acid groups (broad SMARTS) is 1. The molecule has 0 heterocycles. The quantitative estimate of drug-likeness (QED) is 0.503. The van der Waals surface area contributed by atoms with Gasteiger partial charge in [0, 0.05) is 22.5 Å². The maximum atomic E-state index is 15.9. The zero-order valence-electron chi connectivity index (χ0n) is 18.8. The molecule has 0 bridgehead atoms. The number of aryl methyl sites for hydroxylation is 1. The molecule has 174 valence electrons. The molecule has 0 aromatic heterocycles. The molecule has 2 aromatic rings. The van der Waals surface area contributed by atoms with E-state index in [-0.39, 0.29) is 22.6 Å². The Labute approximate surface area is 189 Å². The van der Waals surface area contributed by atoms with Gasteiger partial charge >= 0.3 is 5.97 Å². The predicted molar refractivity (Wildman–Crippen MR) is 119 cm³/mol. The van der Waals surface area contributed by atoms with Crippen molar-refractivity contribution in [3.63, 3.8) is 0 Å². The molecule has 1 aliphatic carbocycles. The summed E-state index contributed by atoms with van der Waals surface area (Å²) in [6.45, 7) is 8.26. The normalized spacial score (nSPS) is 16.2. The molecule has 1 saturated carbocycles. The van der Waals surface area contributed by atoms with Gasteiger partial charge in [-0.25, -0.2) is 13.2 Å². The summed E-state index contributed by atoms with van der Waals surface area (Å²) in [4.78, 5) is 11.5. The number of carbonyl (C=O) groups is 1. The van der Waals surface area contributed by atoms with Gasteiger partial charge in [0.25, 0.3) is 0 Å². The van der Waals surface area contributed by atoms with Gasteiger partial charge in [0.05, 0.1) is 12.5 Å². The second kappa shape index (κ2) is 9.08. The molecule has 2 atom stereocenters. The van der Waals surface area contributed by atoms with Crippen LogP contribution in [-0.2, 0) is 16.2 Å². The topological polar surface area (TPSA) is 72.4 Å². The van der Waals surface area contributed by atoms with Crippen molar-refractivity contribution >= 4 is 17.3 Å². The first-order chi connectivity index (χ1) is 14.8. The van der Waals surface area contributed by atoms with Crippen LogP contribution in [0, 0.1) is 31.3 Å². The van der Waals surface area contributed by atoms with Crippen LogP contribution in [0.15, 0.2) is 18.2 Å². The Kier molecular flexibility index (Phi) is 6.98. The molecule has 2 N–H and O–H groups in total. The fraction of sp³-hybridized carbons (Fsp3) is 0.458. The molecule has 32 heavy (non-hydrogen) atoms. The van der Waals surface area contributed by atoms with Gasteiger partial charge in [-0.2, -0.15) is 0 Å². The maximum Gasteiger partial charge on any atom is 0.305 e. The number of halogens is 3. The molecule has 0 saturated heterocycles. The number of hydrogen-bond donors (Lipinski definition) is 2. The largest absolute Gasteiger partial charge is 0.598 e. The molecule has 1 aliphatic rings. The van der Waals surface area contributed by atoms with Crippen molar-refractivity contribution in [1.29, 1.82) is 0 Å². The van der Waals surface area contributed by atoms with Crippen LogP contribution < -0.4 is 4.72 Å². The zero-order chi connectivity index (χ0) is 24.0. The molecule has 2 unspecified atom stereocenters. The molecule has 0 spiro atoms. The molecule has 1 fully saturated rings. The molecule has 0 amide bonds. The summed E-state index contributed by atoms with van der Waals surface area (Å²) < 4.78 is 60.4. The fourth-order valence-electron chi connectivity index (χ4n) is 3.78. The summed E-state index contributed by atoms with van der Waals surface area (Å²) in [6.07, 6.45) is 0.797. The van der Waals surface area contributed by atoms with Crippen LogP contribution in [0.3, 0.4) is 0 Å². The molecule has 8 heteroatoms. The number of hydrogen-bond acceptors (Lipinski definition) is 3. The average molecular weight is 468 g/mol. The third-order valence-corrected chi connectivity index (χ3v) is 7.30. The van der Waals surface area contributed by atoms with E-state index in [9.17, 15) is 18.8 Å². The molecular weight excluding hydrogens is 439 g/mol. The summed E-state index contributed by atoms with van der Waals surface area (Å²) in [5, 5.41) is 9.41. The molecule has 2 aromatic carbocycles. The lowest BCUT2D eigenvalue weighted by Crippen LogP contribution is -2.42. The van der Waals surface area contributed by atoms with Crippen LogP contribution in [0.4, 0.5) is 13.2 Å². The van der Waals surface area contributed by atoms with Crippen LogP contribution in [-0.4, -0.2) is 20.4 Å². The number of aliphatic carboxylic acids is 1. The predicted octanol–water partition coefficient (Wildman–Crippen LogP) is 5.83. The highest BCUT2D eigenvalue weighted by Crippen LogP contribution is 2.46. The summed E-state index contributed by atoms with van der Waals surface area (Å²) >= 11 is -1.77. The lowest BCUT2D eigenvalue weighted by molar-refractivity contribution is -0.137. The van der Waals surface area contributed by atoms with Crippen molar-refractivity contribution in [2.45, 2.75) is 70.6 Å². The first-order valence-corrected chi connectivity index (χ1v) is 11.7. The second-order valence-electron chi connectivity index (χ2n) is 9.34. The lowest BCUT2D eigenvalue weighted by Gasteiger charge is -2.29. The smallest absolute Gasteiger partial charge is 0.305 e. The van der Waals surface area contributed by atoms with Gasteiger partial charge in [0.15, 0.2) is 0 Å². The van der Waals surface area contributed by atoms with Gasteiger partial charge in [-0.3, -0.25) is 4.79 Å². The number of carboxylic acids is 1. The molecule has 3 rings (SSSR count). The standard InChI is InChI=1S/C24H28F3NO3S/c1-12-6-9-17(25)13(2)20(12)16-10-15(14-7-8-14)22(26)21(23(16)27)18(11-19(29)30)28-32(31)24(3,4)5/h6,9-10,14,18,28H,7-8,11H2,1-5H3,(H,29,30). The van der Waals surface area contributed by atoms with Crippen molar-refractivity contribution < 1.29 is 27.6 Å². The van der Waals surface area contributed by atoms with Crippen LogP contribution in [0.1, 0.15) is 74.2 Å². The summed E-state index contributed by atoms with van der Waals surface area (Å²) in [6, 6.07) is 2.87. The van der Waals surface area contributed by atoms with Crippen LogP contribution in [0.25, 0.3) is 11.1 Å². The van der Waals surface area contributed by atoms with E-state index in [0.717, 1.165) is 12.8 Å². The van der Waals surface area contributed by atoms with Gasteiger partial charge in [0.1, 0.15) is 22.2 Å². The average Bonchev–Trinajstić information content (AvgIpc) is 3.50. The minimum absolute atomic E-state index is 0.0246. The van der Waals surface area contributed by atoms with Crippen molar-refractivity contribution in [3.05, 3.63) is 57.9 Å².